The Morgan fingerprint density at radius 3 is 2.62 bits per heavy atom. The van der Waals surface area contributed by atoms with Crippen LogP contribution in [0, 0.1) is 11.7 Å². The molecule has 1 aliphatic rings. The lowest BCUT2D eigenvalue weighted by molar-refractivity contribution is -0.122. The Kier molecular flexibility index (Phi) is 8.63. The molecule has 1 unspecified atom stereocenters. The van der Waals surface area contributed by atoms with Gasteiger partial charge in [0.05, 0.1) is 6.04 Å². The van der Waals surface area contributed by atoms with Gasteiger partial charge in [-0.3, -0.25) is 4.79 Å². The van der Waals surface area contributed by atoms with E-state index in [1.807, 2.05) is 0 Å². The maximum atomic E-state index is 12.9. The van der Waals surface area contributed by atoms with Gasteiger partial charge >= 0.3 is 0 Å². The minimum Gasteiger partial charge on any atom is -0.371 e. The first-order valence-electron chi connectivity index (χ1n) is 6.60. The van der Waals surface area contributed by atoms with Crippen molar-refractivity contribution >= 4 is 36.4 Å². The normalized spacial score (nSPS) is 18.4. The quantitative estimate of drug-likeness (QED) is 0.882. The van der Waals surface area contributed by atoms with Crippen molar-refractivity contribution in [2.24, 2.45) is 11.7 Å². The average molecular weight is 338 g/mol. The number of nitrogens with two attached hydrogens (primary N) is 1. The largest absolute Gasteiger partial charge is 0.371 e. The molecule has 7 heteroatoms. The monoisotopic (exact) mass is 337 g/mol. The summed E-state index contributed by atoms with van der Waals surface area (Å²) < 4.78 is 12.9. The first-order valence-corrected chi connectivity index (χ1v) is 6.60. The van der Waals surface area contributed by atoms with E-state index in [1.54, 1.807) is 19.1 Å². The van der Waals surface area contributed by atoms with Gasteiger partial charge < -0.3 is 16.0 Å². The van der Waals surface area contributed by atoms with Gasteiger partial charge in [0.25, 0.3) is 0 Å². The third kappa shape index (κ3) is 5.69. The first kappa shape index (κ1) is 20.0. The molecule has 3 N–H and O–H groups in total. The summed E-state index contributed by atoms with van der Waals surface area (Å²) >= 11 is 0. The van der Waals surface area contributed by atoms with Gasteiger partial charge in [0.15, 0.2) is 0 Å². The predicted octanol–water partition coefficient (Wildman–Crippen LogP) is 1.96. The predicted molar refractivity (Wildman–Crippen MR) is 87.9 cm³/mol. The smallest absolute Gasteiger partial charge is 0.236 e. The number of carbonyl (C=O) groups is 1. The van der Waals surface area contributed by atoms with Crippen LogP contribution in [0.1, 0.15) is 13.3 Å². The minimum absolute atomic E-state index is 0. The molecule has 120 valence electrons. The molecule has 1 amide bonds. The molecule has 1 fully saturated rings. The fourth-order valence-electron chi connectivity index (χ4n) is 2.29. The number of anilines is 1. The SMILES string of the molecule is C[C@@H](N)C(=O)NCC1CCN(c2ccc(F)cc2)C1.Cl.Cl. The molecular formula is C14H22Cl2FN3O. The van der Waals surface area contributed by atoms with Crippen molar-refractivity contribution < 1.29 is 9.18 Å². The number of hydrogen-bond donors (Lipinski definition) is 2. The maximum absolute atomic E-state index is 12.9. The second-order valence-electron chi connectivity index (χ2n) is 5.11. The number of hydrogen-bond acceptors (Lipinski definition) is 3. The third-order valence-corrected chi connectivity index (χ3v) is 3.46. The van der Waals surface area contributed by atoms with Crippen LogP contribution in [0.5, 0.6) is 0 Å². The van der Waals surface area contributed by atoms with E-state index in [0.29, 0.717) is 12.5 Å². The Morgan fingerprint density at radius 1 is 1.43 bits per heavy atom. The lowest BCUT2D eigenvalue weighted by atomic mass is 10.1. The zero-order valence-corrected chi connectivity index (χ0v) is 13.6. The van der Waals surface area contributed by atoms with Crippen LogP contribution in [0.2, 0.25) is 0 Å². The zero-order valence-electron chi connectivity index (χ0n) is 11.9. The van der Waals surface area contributed by atoms with E-state index in [2.05, 4.69) is 10.2 Å². The Morgan fingerprint density at radius 2 is 2.05 bits per heavy atom. The molecule has 1 saturated heterocycles. The Bertz CT molecular complexity index is 442. The molecular weight excluding hydrogens is 316 g/mol. The molecule has 21 heavy (non-hydrogen) atoms. The number of halogens is 3. The highest BCUT2D eigenvalue weighted by Gasteiger charge is 2.23. The minimum atomic E-state index is -0.463. The number of rotatable bonds is 4. The molecule has 1 aromatic rings. The number of carbonyl (C=O) groups excluding carboxylic acids is 1. The standard InChI is InChI=1S/C14H20FN3O.2ClH/c1-10(16)14(19)17-8-11-6-7-18(9-11)13-4-2-12(15)3-5-13;;/h2-5,10-11H,6-9,16H2,1H3,(H,17,19);2*1H/t10-,11?;;/m1../s1. The van der Waals surface area contributed by atoms with Crippen LogP contribution in [0.3, 0.4) is 0 Å². The summed E-state index contributed by atoms with van der Waals surface area (Å²) in [5, 5.41) is 2.85. The van der Waals surface area contributed by atoms with Crippen molar-refractivity contribution in [3.8, 4) is 0 Å². The highest BCUT2D eigenvalue weighted by Crippen LogP contribution is 2.23. The summed E-state index contributed by atoms with van der Waals surface area (Å²) in [6, 6.07) is 6.06. The molecule has 0 aliphatic carbocycles. The van der Waals surface area contributed by atoms with E-state index in [-0.39, 0.29) is 36.5 Å². The van der Waals surface area contributed by atoms with Crippen molar-refractivity contribution in [2.75, 3.05) is 24.5 Å². The van der Waals surface area contributed by atoms with Gasteiger partial charge in [0.2, 0.25) is 5.91 Å². The van der Waals surface area contributed by atoms with E-state index in [1.165, 1.54) is 12.1 Å². The third-order valence-electron chi connectivity index (χ3n) is 3.46. The first-order chi connectivity index (χ1) is 9.06. The summed E-state index contributed by atoms with van der Waals surface area (Å²) in [5.41, 5.74) is 6.53. The van der Waals surface area contributed by atoms with Gasteiger partial charge in [-0.1, -0.05) is 0 Å². The summed E-state index contributed by atoms with van der Waals surface area (Å²) in [5.74, 6) is 0.0941. The van der Waals surface area contributed by atoms with Crippen LogP contribution in [-0.4, -0.2) is 31.6 Å². The Balaban J connectivity index is 0.00000200. The molecule has 0 saturated carbocycles. The van der Waals surface area contributed by atoms with Gasteiger partial charge in [-0.05, 0) is 43.5 Å². The molecule has 0 aromatic heterocycles. The number of benzene rings is 1. The van der Waals surface area contributed by atoms with Crippen LogP contribution in [0.4, 0.5) is 10.1 Å². The molecule has 1 aromatic carbocycles. The Labute approximate surface area is 137 Å². The molecule has 0 radical (unpaired) electrons. The van der Waals surface area contributed by atoms with E-state index < -0.39 is 6.04 Å². The fraction of sp³-hybridized carbons (Fsp3) is 0.500. The lowest BCUT2D eigenvalue weighted by Crippen LogP contribution is -2.40. The van der Waals surface area contributed by atoms with Crippen LogP contribution in [0.15, 0.2) is 24.3 Å². The second-order valence-corrected chi connectivity index (χ2v) is 5.11. The summed E-state index contributed by atoms with van der Waals surface area (Å²) in [4.78, 5) is 13.6. The van der Waals surface area contributed by atoms with E-state index in [9.17, 15) is 9.18 Å². The van der Waals surface area contributed by atoms with Crippen LogP contribution >= 0.6 is 24.8 Å². The van der Waals surface area contributed by atoms with Crippen molar-refractivity contribution in [1.82, 2.24) is 5.32 Å². The van der Waals surface area contributed by atoms with Crippen molar-refractivity contribution in [2.45, 2.75) is 19.4 Å². The Hall–Kier alpha value is -1.04. The van der Waals surface area contributed by atoms with E-state index >= 15 is 0 Å². The van der Waals surface area contributed by atoms with Crippen molar-refractivity contribution in [3.05, 3.63) is 30.1 Å². The molecule has 1 heterocycles. The van der Waals surface area contributed by atoms with Crippen LogP contribution < -0.4 is 16.0 Å². The molecule has 2 atom stereocenters. The van der Waals surface area contributed by atoms with Gasteiger partial charge in [-0.15, -0.1) is 24.8 Å². The number of nitrogens with one attached hydrogen (secondary N) is 1. The lowest BCUT2D eigenvalue weighted by Gasteiger charge is -2.19. The average Bonchev–Trinajstić information content (AvgIpc) is 2.85. The number of amides is 1. The van der Waals surface area contributed by atoms with Crippen LogP contribution in [-0.2, 0) is 4.79 Å². The molecule has 0 spiro atoms. The molecule has 2 rings (SSSR count). The van der Waals surface area contributed by atoms with Gasteiger partial charge in [0, 0.05) is 25.3 Å². The van der Waals surface area contributed by atoms with Gasteiger partial charge in [-0.25, -0.2) is 4.39 Å². The van der Waals surface area contributed by atoms with Crippen LogP contribution in [0.25, 0.3) is 0 Å². The van der Waals surface area contributed by atoms with Gasteiger partial charge in [0.1, 0.15) is 5.82 Å². The summed E-state index contributed by atoms with van der Waals surface area (Å²) in [6.07, 6.45) is 1.02. The van der Waals surface area contributed by atoms with Crippen molar-refractivity contribution in [3.63, 3.8) is 0 Å². The van der Waals surface area contributed by atoms with E-state index in [0.717, 1.165) is 25.2 Å². The number of nitrogens with zero attached hydrogens (tertiary/aromatic N) is 1. The van der Waals surface area contributed by atoms with Crippen molar-refractivity contribution in [1.29, 1.82) is 0 Å². The summed E-state index contributed by atoms with van der Waals surface area (Å²) in [7, 11) is 0. The molecule has 1 aliphatic heterocycles. The highest BCUT2D eigenvalue weighted by molar-refractivity contribution is 5.85. The molecule has 4 nitrogen and oxygen atoms in total. The van der Waals surface area contributed by atoms with E-state index in [4.69, 9.17) is 5.73 Å². The summed E-state index contributed by atoms with van der Waals surface area (Å²) in [6.45, 7) is 4.14. The molecule has 0 bridgehead atoms. The van der Waals surface area contributed by atoms with Gasteiger partial charge in [-0.2, -0.15) is 0 Å². The zero-order chi connectivity index (χ0) is 13.8. The fourth-order valence-corrected chi connectivity index (χ4v) is 2.29. The second kappa shape index (κ2) is 9.07. The maximum Gasteiger partial charge on any atom is 0.236 e. The highest BCUT2D eigenvalue weighted by atomic mass is 35.5. The topological polar surface area (TPSA) is 58.4 Å².